The van der Waals surface area contributed by atoms with Crippen LogP contribution in [-0.2, 0) is 13.0 Å². The predicted octanol–water partition coefficient (Wildman–Crippen LogP) is 1.94. The van der Waals surface area contributed by atoms with Crippen LogP contribution in [-0.4, -0.2) is 20.9 Å². The van der Waals surface area contributed by atoms with Crippen molar-refractivity contribution in [2.75, 3.05) is 0 Å². The largest absolute Gasteiger partial charge is 0.488 e. The molecule has 3 rings (SSSR count). The standard InChI is InChI=1S/C11H10ClN3O/c12-11-14-13-7-15(11)6-9-5-8-3-1-2-4-10(8)16-9/h1-4,7,9H,5-6H2. The average Bonchev–Trinajstić information content (AvgIpc) is 2.85. The summed E-state index contributed by atoms with van der Waals surface area (Å²) >= 11 is 5.86. The summed E-state index contributed by atoms with van der Waals surface area (Å²) in [4.78, 5) is 0. The monoisotopic (exact) mass is 235 g/mol. The van der Waals surface area contributed by atoms with E-state index in [9.17, 15) is 0 Å². The van der Waals surface area contributed by atoms with Crippen molar-refractivity contribution in [3.8, 4) is 5.75 Å². The predicted molar refractivity (Wildman–Crippen MR) is 59.6 cm³/mol. The van der Waals surface area contributed by atoms with Crippen LogP contribution < -0.4 is 4.74 Å². The van der Waals surface area contributed by atoms with Gasteiger partial charge in [-0.25, -0.2) is 0 Å². The van der Waals surface area contributed by atoms with Gasteiger partial charge in [-0.15, -0.1) is 10.2 Å². The minimum atomic E-state index is 0.117. The van der Waals surface area contributed by atoms with Crippen molar-refractivity contribution >= 4 is 11.6 Å². The maximum absolute atomic E-state index is 5.86. The third-order valence-electron chi connectivity index (χ3n) is 2.68. The van der Waals surface area contributed by atoms with Crippen LogP contribution in [0, 0.1) is 0 Å². The number of nitrogens with zero attached hydrogens (tertiary/aromatic N) is 3. The van der Waals surface area contributed by atoms with E-state index in [0.29, 0.717) is 11.8 Å². The number of rotatable bonds is 2. The first kappa shape index (κ1) is 9.66. The minimum absolute atomic E-state index is 0.117. The lowest BCUT2D eigenvalue weighted by Gasteiger charge is -2.10. The van der Waals surface area contributed by atoms with E-state index in [1.165, 1.54) is 5.56 Å². The fourth-order valence-electron chi connectivity index (χ4n) is 1.94. The van der Waals surface area contributed by atoms with Crippen molar-refractivity contribution < 1.29 is 4.74 Å². The summed E-state index contributed by atoms with van der Waals surface area (Å²) in [6, 6.07) is 8.08. The van der Waals surface area contributed by atoms with Crippen LogP contribution in [0.1, 0.15) is 5.56 Å². The molecular formula is C11H10ClN3O. The van der Waals surface area contributed by atoms with Crippen LogP contribution >= 0.6 is 11.6 Å². The number of benzene rings is 1. The number of aromatic nitrogens is 3. The van der Waals surface area contributed by atoms with E-state index in [1.807, 2.05) is 18.2 Å². The normalized spacial score (nSPS) is 18.2. The highest BCUT2D eigenvalue weighted by Gasteiger charge is 2.23. The van der Waals surface area contributed by atoms with Gasteiger partial charge in [0.05, 0.1) is 6.54 Å². The Morgan fingerprint density at radius 1 is 1.44 bits per heavy atom. The second-order valence-corrected chi connectivity index (χ2v) is 4.14. The molecule has 5 heteroatoms. The molecular weight excluding hydrogens is 226 g/mol. The van der Waals surface area contributed by atoms with Crippen LogP contribution in [0.25, 0.3) is 0 Å². The van der Waals surface area contributed by atoms with Crippen LogP contribution in [0.3, 0.4) is 0 Å². The lowest BCUT2D eigenvalue weighted by atomic mass is 10.1. The van der Waals surface area contributed by atoms with Crippen LogP contribution in [0.15, 0.2) is 30.6 Å². The van der Waals surface area contributed by atoms with E-state index in [-0.39, 0.29) is 6.10 Å². The number of ether oxygens (including phenoxy) is 1. The van der Waals surface area contributed by atoms with Crippen LogP contribution in [0.4, 0.5) is 0 Å². The van der Waals surface area contributed by atoms with E-state index in [0.717, 1.165) is 12.2 Å². The van der Waals surface area contributed by atoms with Gasteiger partial charge in [-0.3, -0.25) is 0 Å². The SMILES string of the molecule is Clc1nncn1CC1Cc2ccccc2O1. The molecule has 1 atom stereocenters. The van der Waals surface area contributed by atoms with Gasteiger partial charge in [0.15, 0.2) is 0 Å². The number of fused-ring (bicyclic) bond motifs is 1. The maximum Gasteiger partial charge on any atom is 0.224 e. The highest BCUT2D eigenvalue weighted by atomic mass is 35.5. The molecule has 1 unspecified atom stereocenters. The molecule has 0 saturated heterocycles. The van der Waals surface area contributed by atoms with Crippen molar-refractivity contribution in [3.63, 3.8) is 0 Å². The molecule has 0 N–H and O–H groups in total. The number of para-hydroxylation sites is 1. The average molecular weight is 236 g/mol. The molecule has 1 aliphatic heterocycles. The van der Waals surface area contributed by atoms with E-state index < -0.39 is 0 Å². The topological polar surface area (TPSA) is 39.9 Å². The van der Waals surface area contributed by atoms with Crippen molar-refractivity contribution in [1.29, 1.82) is 0 Å². The molecule has 2 heterocycles. The second-order valence-electron chi connectivity index (χ2n) is 3.80. The first-order valence-electron chi connectivity index (χ1n) is 5.11. The Bertz CT molecular complexity index is 486. The summed E-state index contributed by atoms with van der Waals surface area (Å²) in [6.45, 7) is 0.681. The summed E-state index contributed by atoms with van der Waals surface area (Å²) in [7, 11) is 0. The van der Waals surface area contributed by atoms with Crippen molar-refractivity contribution in [3.05, 3.63) is 41.4 Å². The molecule has 0 spiro atoms. The second kappa shape index (κ2) is 3.79. The first-order chi connectivity index (χ1) is 7.83. The molecule has 1 aromatic carbocycles. The smallest absolute Gasteiger partial charge is 0.224 e. The van der Waals surface area contributed by atoms with Gasteiger partial charge in [-0.1, -0.05) is 18.2 Å². The number of hydrogen-bond acceptors (Lipinski definition) is 3. The Morgan fingerprint density at radius 3 is 3.06 bits per heavy atom. The van der Waals surface area contributed by atoms with E-state index >= 15 is 0 Å². The molecule has 0 aliphatic carbocycles. The zero-order valence-electron chi connectivity index (χ0n) is 8.51. The third-order valence-corrected chi connectivity index (χ3v) is 2.98. The Kier molecular flexibility index (Phi) is 2.29. The summed E-state index contributed by atoms with van der Waals surface area (Å²) in [5.41, 5.74) is 1.25. The zero-order valence-corrected chi connectivity index (χ0v) is 9.26. The van der Waals surface area contributed by atoms with Crippen molar-refractivity contribution in [2.24, 2.45) is 0 Å². The fraction of sp³-hybridized carbons (Fsp3) is 0.273. The van der Waals surface area contributed by atoms with Gasteiger partial charge in [-0.05, 0) is 23.2 Å². The Labute approximate surface area is 97.8 Å². The van der Waals surface area contributed by atoms with Crippen molar-refractivity contribution in [2.45, 2.75) is 19.1 Å². The van der Waals surface area contributed by atoms with Crippen LogP contribution in [0.5, 0.6) is 5.75 Å². The molecule has 0 amide bonds. The lowest BCUT2D eigenvalue weighted by molar-refractivity contribution is 0.209. The van der Waals surface area contributed by atoms with Gasteiger partial charge in [0, 0.05) is 6.42 Å². The zero-order chi connectivity index (χ0) is 11.0. The molecule has 4 nitrogen and oxygen atoms in total. The quantitative estimate of drug-likeness (QED) is 0.799. The first-order valence-corrected chi connectivity index (χ1v) is 5.48. The summed E-state index contributed by atoms with van der Waals surface area (Å²) in [5.74, 6) is 0.969. The molecule has 0 radical (unpaired) electrons. The van der Waals surface area contributed by atoms with Gasteiger partial charge < -0.3 is 9.30 Å². The van der Waals surface area contributed by atoms with Gasteiger partial charge in [-0.2, -0.15) is 0 Å². The highest BCUT2D eigenvalue weighted by molar-refractivity contribution is 6.28. The molecule has 2 aromatic rings. The fourth-order valence-corrected chi connectivity index (χ4v) is 2.09. The molecule has 16 heavy (non-hydrogen) atoms. The maximum atomic E-state index is 5.86. The molecule has 0 saturated carbocycles. The van der Waals surface area contributed by atoms with Crippen LogP contribution in [0.2, 0.25) is 5.28 Å². The molecule has 1 aliphatic rings. The third kappa shape index (κ3) is 1.65. The summed E-state index contributed by atoms with van der Waals surface area (Å²) in [5, 5.41) is 7.87. The van der Waals surface area contributed by atoms with Gasteiger partial charge in [0.25, 0.3) is 0 Å². The summed E-state index contributed by atoms with van der Waals surface area (Å²) < 4.78 is 7.59. The molecule has 82 valence electrons. The summed E-state index contributed by atoms with van der Waals surface area (Å²) in [6.07, 6.45) is 2.64. The number of halogens is 1. The van der Waals surface area contributed by atoms with Crippen molar-refractivity contribution in [1.82, 2.24) is 14.8 Å². The van der Waals surface area contributed by atoms with Gasteiger partial charge in [0.1, 0.15) is 18.2 Å². The molecule has 1 aromatic heterocycles. The lowest BCUT2D eigenvalue weighted by Crippen LogP contribution is -2.20. The minimum Gasteiger partial charge on any atom is -0.488 e. The number of hydrogen-bond donors (Lipinski definition) is 0. The Hall–Kier alpha value is -1.55. The highest BCUT2D eigenvalue weighted by Crippen LogP contribution is 2.28. The van der Waals surface area contributed by atoms with Gasteiger partial charge in [0.2, 0.25) is 5.28 Å². The Balaban J connectivity index is 1.75. The van der Waals surface area contributed by atoms with Gasteiger partial charge >= 0.3 is 0 Å². The Morgan fingerprint density at radius 2 is 2.31 bits per heavy atom. The van der Waals surface area contributed by atoms with E-state index in [4.69, 9.17) is 16.3 Å². The molecule has 0 bridgehead atoms. The van der Waals surface area contributed by atoms with E-state index in [2.05, 4.69) is 16.3 Å². The van der Waals surface area contributed by atoms with E-state index in [1.54, 1.807) is 10.9 Å². The molecule has 0 fully saturated rings.